The van der Waals surface area contributed by atoms with Gasteiger partial charge in [0.2, 0.25) is 11.8 Å². The predicted octanol–water partition coefficient (Wildman–Crippen LogP) is 2.33. The molecule has 2 aliphatic heterocycles. The van der Waals surface area contributed by atoms with Gasteiger partial charge in [-0.15, -0.1) is 24.2 Å². The van der Waals surface area contributed by atoms with Crippen LogP contribution in [0.15, 0.2) is 0 Å². The maximum absolute atomic E-state index is 12.8. The van der Waals surface area contributed by atoms with E-state index in [1.807, 2.05) is 11.8 Å². The minimum atomic E-state index is -0.276. The van der Waals surface area contributed by atoms with E-state index in [-0.39, 0.29) is 41.7 Å². The Morgan fingerprint density at radius 2 is 1.83 bits per heavy atom. The van der Waals surface area contributed by atoms with Crippen LogP contribution < -0.4 is 5.73 Å². The third-order valence-electron chi connectivity index (χ3n) is 4.76. The number of nitrogens with two attached hydrogens (primary N) is 1. The van der Waals surface area contributed by atoms with Gasteiger partial charge in [-0.1, -0.05) is 20.8 Å². The van der Waals surface area contributed by atoms with Crippen LogP contribution in [-0.2, 0) is 9.59 Å². The highest BCUT2D eigenvalue weighted by molar-refractivity contribution is 7.99. The number of thioether (sulfide) groups is 1. The number of carbonyl (C=O) groups excluding carboxylic acids is 2. The normalized spacial score (nSPS) is 23.8. The van der Waals surface area contributed by atoms with Crippen molar-refractivity contribution in [2.75, 3.05) is 24.7 Å². The molecule has 2 atom stereocenters. The lowest BCUT2D eigenvalue weighted by atomic mass is 9.90. The third-order valence-corrected chi connectivity index (χ3v) is 5.78. The molecule has 0 aromatic carbocycles. The van der Waals surface area contributed by atoms with Crippen molar-refractivity contribution in [1.82, 2.24) is 9.80 Å². The van der Waals surface area contributed by atoms with Crippen molar-refractivity contribution in [2.24, 2.45) is 17.1 Å². The summed E-state index contributed by atoms with van der Waals surface area (Å²) < 4.78 is 0. The van der Waals surface area contributed by atoms with E-state index in [2.05, 4.69) is 20.8 Å². The number of nitrogens with zero attached hydrogens (tertiary/aromatic N) is 2. The highest BCUT2D eigenvalue weighted by Gasteiger charge is 2.38. The summed E-state index contributed by atoms with van der Waals surface area (Å²) in [5.41, 5.74) is 5.92. The molecular weight excluding hydrogens is 346 g/mol. The van der Waals surface area contributed by atoms with Crippen LogP contribution >= 0.6 is 24.2 Å². The van der Waals surface area contributed by atoms with Crippen LogP contribution in [0.25, 0.3) is 0 Å². The fraction of sp³-hybridized carbons (Fsp3) is 0.882. The van der Waals surface area contributed by atoms with Crippen molar-refractivity contribution in [1.29, 1.82) is 0 Å². The fourth-order valence-electron chi connectivity index (χ4n) is 3.30. The summed E-state index contributed by atoms with van der Waals surface area (Å²) in [6, 6.07) is -0.0825. The highest BCUT2D eigenvalue weighted by atomic mass is 35.5. The lowest BCUT2D eigenvalue weighted by Gasteiger charge is -2.36. The first-order valence-electron chi connectivity index (χ1n) is 8.60. The van der Waals surface area contributed by atoms with Gasteiger partial charge in [-0.2, -0.15) is 0 Å². The summed E-state index contributed by atoms with van der Waals surface area (Å²) in [7, 11) is 0. The number of amides is 2. The molecule has 0 radical (unpaired) electrons. The molecule has 2 N–H and O–H groups in total. The number of likely N-dealkylation sites (tertiary alicyclic amines) is 1. The molecule has 140 valence electrons. The monoisotopic (exact) mass is 377 g/mol. The topological polar surface area (TPSA) is 66.6 Å². The zero-order chi connectivity index (χ0) is 17.2. The van der Waals surface area contributed by atoms with E-state index in [9.17, 15) is 9.59 Å². The van der Waals surface area contributed by atoms with E-state index >= 15 is 0 Å². The van der Waals surface area contributed by atoms with Crippen molar-refractivity contribution in [3.8, 4) is 0 Å². The molecule has 0 saturated carbocycles. The van der Waals surface area contributed by atoms with Crippen LogP contribution in [0.5, 0.6) is 0 Å². The number of hydrogen-bond acceptors (Lipinski definition) is 4. The SMILES string of the molecule is CC(N)C1CCN(C(=O)C2CSCN2C(=O)CC(C)(C)C)CC1.Cl. The Balaban J connectivity index is 0.00000288. The van der Waals surface area contributed by atoms with Gasteiger partial charge in [-0.25, -0.2) is 0 Å². The van der Waals surface area contributed by atoms with Crippen molar-refractivity contribution in [3.63, 3.8) is 0 Å². The van der Waals surface area contributed by atoms with Crippen molar-refractivity contribution < 1.29 is 9.59 Å². The second kappa shape index (κ2) is 8.77. The van der Waals surface area contributed by atoms with Gasteiger partial charge in [0.25, 0.3) is 0 Å². The summed E-state index contributed by atoms with van der Waals surface area (Å²) in [6.45, 7) is 9.76. The molecule has 0 aliphatic carbocycles. The summed E-state index contributed by atoms with van der Waals surface area (Å²) in [5, 5.41) is 0. The Kier molecular flexibility index (Phi) is 7.88. The molecular formula is C17H32ClN3O2S. The molecule has 2 fully saturated rings. The molecule has 0 aromatic heterocycles. The Hall–Kier alpha value is -0.460. The Bertz CT molecular complexity index is 446. The van der Waals surface area contributed by atoms with Gasteiger partial charge in [0.05, 0.1) is 5.88 Å². The quantitative estimate of drug-likeness (QED) is 0.819. The highest BCUT2D eigenvalue weighted by Crippen LogP contribution is 2.28. The molecule has 0 spiro atoms. The summed E-state index contributed by atoms with van der Waals surface area (Å²) in [5.74, 6) is 2.10. The lowest BCUT2D eigenvalue weighted by molar-refractivity contribution is -0.145. The molecule has 2 rings (SSSR count). The van der Waals surface area contributed by atoms with Gasteiger partial charge in [-0.05, 0) is 31.1 Å². The van der Waals surface area contributed by atoms with Gasteiger partial charge in [0.15, 0.2) is 0 Å². The van der Waals surface area contributed by atoms with Crippen LogP contribution in [0.3, 0.4) is 0 Å². The third kappa shape index (κ3) is 5.53. The molecule has 24 heavy (non-hydrogen) atoms. The summed E-state index contributed by atoms with van der Waals surface area (Å²) >= 11 is 1.68. The van der Waals surface area contributed by atoms with Crippen molar-refractivity contribution in [2.45, 2.75) is 59.0 Å². The molecule has 2 unspecified atom stereocenters. The smallest absolute Gasteiger partial charge is 0.246 e. The van der Waals surface area contributed by atoms with E-state index < -0.39 is 0 Å². The van der Waals surface area contributed by atoms with E-state index in [1.54, 1.807) is 16.7 Å². The van der Waals surface area contributed by atoms with Gasteiger partial charge in [0, 0.05) is 31.3 Å². The first-order valence-corrected chi connectivity index (χ1v) is 9.76. The van der Waals surface area contributed by atoms with E-state index in [0.717, 1.165) is 31.7 Å². The van der Waals surface area contributed by atoms with Crippen LogP contribution in [0.1, 0.15) is 47.0 Å². The minimum absolute atomic E-state index is 0. The van der Waals surface area contributed by atoms with Gasteiger partial charge in [0.1, 0.15) is 6.04 Å². The second-order valence-electron chi connectivity index (χ2n) is 8.14. The number of hydrogen-bond donors (Lipinski definition) is 1. The van der Waals surface area contributed by atoms with E-state index in [0.29, 0.717) is 18.2 Å². The average Bonchev–Trinajstić information content (AvgIpc) is 2.94. The largest absolute Gasteiger partial charge is 0.341 e. The Morgan fingerprint density at radius 1 is 1.25 bits per heavy atom. The van der Waals surface area contributed by atoms with Crippen molar-refractivity contribution in [3.05, 3.63) is 0 Å². The number of carbonyl (C=O) groups is 2. The van der Waals surface area contributed by atoms with Crippen LogP contribution in [0.4, 0.5) is 0 Å². The zero-order valence-corrected chi connectivity index (χ0v) is 16.9. The van der Waals surface area contributed by atoms with Crippen LogP contribution in [0.2, 0.25) is 0 Å². The Morgan fingerprint density at radius 3 is 2.33 bits per heavy atom. The predicted molar refractivity (Wildman–Crippen MR) is 102 cm³/mol. The molecule has 0 bridgehead atoms. The molecule has 2 heterocycles. The molecule has 2 saturated heterocycles. The zero-order valence-electron chi connectivity index (χ0n) is 15.3. The van der Waals surface area contributed by atoms with Crippen molar-refractivity contribution >= 4 is 36.0 Å². The second-order valence-corrected chi connectivity index (χ2v) is 9.14. The minimum Gasteiger partial charge on any atom is -0.341 e. The fourth-order valence-corrected chi connectivity index (χ4v) is 4.48. The number of rotatable bonds is 3. The summed E-state index contributed by atoms with van der Waals surface area (Å²) in [4.78, 5) is 29.1. The molecule has 2 amide bonds. The lowest BCUT2D eigenvalue weighted by Crippen LogP contribution is -2.52. The van der Waals surface area contributed by atoms with Gasteiger partial charge in [-0.3, -0.25) is 9.59 Å². The van der Waals surface area contributed by atoms with Gasteiger partial charge >= 0.3 is 0 Å². The number of halogens is 1. The molecule has 2 aliphatic rings. The molecule has 5 nitrogen and oxygen atoms in total. The standard InChI is InChI=1S/C17H31N3O2S.ClH/c1-12(18)13-5-7-19(8-6-13)16(22)14-10-23-11-20(14)15(21)9-17(2,3)4;/h12-14H,5-11,18H2,1-4H3;1H. The Labute approximate surface area is 156 Å². The average molecular weight is 378 g/mol. The molecule has 7 heteroatoms. The first kappa shape index (κ1) is 21.6. The molecule has 0 aromatic rings. The van der Waals surface area contributed by atoms with E-state index in [4.69, 9.17) is 5.73 Å². The van der Waals surface area contributed by atoms with E-state index in [1.165, 1.54) is 0 Å². The maximum Gasteiger partial charge on any atom is 0.246 e. The number of piperidine rings is 1. The maximum atomic E-state index is 12.8. The summed E-state index contributed by atoms with van der Waals surface area (Å²) in [6.07, 6.45) is 2.43. The first-order chi connectivity index (χ1) is 10.7. The van der Waals surface area contributed by atoms with Gasteiger partial charge < -0.3 is 15.5 Å². The van der Waals surface area contributed by atoms with Crippen LogP contribution in [-0.4, -0.2) is 58.4 Å². The van der Waals surface area contributed by atoms with Crippen LogP contribution in [0, 0.1) is 11.3 Å².